The lowest BCUT2D eigenvalue weighted by Gasteiger charge is -2.12. The summed E-state index contributed by atoms with van der Waals surface area (Å²) in [5, 5.41) is 12.0. The molecule has 1 aliphatic rings. The first-order valence-electron chi connectivity index (χ1n) is 6.22. The zero-order chi connectivity index (χ0) is 13.0. The van der Waals surface area contributed by atoms with Crippen molar-refractivity contribution in [2.75, 3.05) is 20.3 Å². The van der Waals surface area contributed by atoms with Crippen LogP contribution in [0, 0.1) is 5.41 Å². The Morgan fingerprint density at radius 1 is 1.50 bits per heavy atom. The van der Waals surface area contributed by atoms with Gasteiger partial charge in [-0.2, -0.15) is 0 Å². The van der Waals surface area contributed by atoms with E-state index in [1.165, 1.54) is 0 Å². The molecule has 0 radical (unpaired) electrons. The summed E-state index contributed by atoms with van der Waals surface area (Å²) in [7, 11) is 1.64. The van der Waals surface area contributed by atoms with Gasteiger partial charge in [0.25, 0.3) is 0 Å². The Labute approximate surface area is 107 Å². The highest BCUT2D eigenvalue weighted by Crippen LogP contribution is 2.45. The molecule has 4 heteroatoms. The highest BCUT2D eigenvalue weighted by Gasteiger charge is 2.49. The number of amides is 1. The largest absolute Gasteiger partial charge is 0.497 e. The van der Waals surface area contributed by atoms with Crippen molar-refractivity contribution in [1.82, 2.24) is 5.32 Å². The number of ether oxygens (including phenoxy) is 1. The third kappa shape index (κ3) is 2.82. The monoisotopic (exact) mass is 249 g/mol. The molecule has 98 valence electrons. The molecule has 1 aromatic carbocycles. The Balaban J connectivity index is 1.79. The first-order valence-corrected chi connectivity index (χ1v) is 6.22. The summed E-state index contributed by atoms with van der Waals surface area (Å²) < 4.78 is 5.14. The summed E-state index contributed by atoms with van der Waals surface area (Å²) in [4.78, 5) is 11.8. The van der Waals surface area contributed by atoms with Crippen molar-refractivity contribution in [3.63, 3.8) is 0 Å². The van der Waals surface area contributed by atoms with Crippen molar-refractivity contribution >= 4 is 5.91 Å². The molecule has 0 unspecified atom stereocenters. The fourth-order valence-electron chi connectivity index (χ4n) is 1.94. The van der Waals surface area contributed by atoms with Crippen molar-refractivity contribution in [3.05, 3.63) is 29.8 Å². The maximum atomic E-state index is 11.8. The molecule has 0 atom stereocenters. The number of benzene rings is 1. The highest BCUT2D eigenvalue weighted by atomic mass is 16.5. The van der Waals surface area contributed by atoms with Crippen LogP contribution in [0.5, 0.6) is 5.75 Å². The number of hydrogen-bond acceptors (Lipinski definition) is 3. The number of aliphatic hydroxyl groups is 1. The molecule has 0 spiro atoms. The molecular formula is C14H19NO3. The second-order valence-electron chi connectivity index (χ2n) is 4.80. The van der Waals surface area contributed by atoms with E-state index in [9.17, 15) is 4.79 Å². The van der Waals surface area contributed by atoms with Crippen molar-refractivity contribution in [1.29, 1.82) is 0 Å². The fraction of sp³-hybridized carbons (Fsp3) is 0.500. The Morgan fingerprint density at radius 3 is 2.89 bits per heavy atom. The summed E-state index contributed by atoms with van der Waals surface area (Å²) in [5.74, 6) is 0.806. The number of hydrogen-bond donors (Lipinski definition) is 2. The molecule has 18 heavy (non-hydrogen) atoms. The van der Waals surface area contributed by atoms with Gasteiger partial charge < -0.3 is 15.2 Å². The summed E-state index contributed by atoms with van der Waals surface area (Å²) in [5.41, 5.74) is 0.650. The Morgan fingerprint density at radius 2 is 2.28 bits per heavy atom. The molecule has 1 aliphatic carbocycles. The van der Waals surface area contributed by atoms with Crippen LogP contribution in [-0.2, 0) is 11.2 Å². The van der Waals surface area contributed by atoms with E-state index in [0.29, 0.717) is 6.54 Å². The van der Waals surface area contributed by atoms with Gasteiger partial charge in [0, 0.05) is 6.54 Å². The van der Waals surface area contributed by atoms with Gasteiger partial charge in [-0.1, -0.05) is 12.1 Å². The Hall–Kier alpha value is -1.55. The van der Waals surface area contributed by atoms with E-state index in [-0.39, 0.29) is 12.5 Å². The molecule has 2 N–H and O–H groups in total. The second kappa shape index (κ2) is 5.40. The van der Waals surface area contributed by atoms with Crippen LogP contribution in [0.25, 0.3) is 0 Å². The molecule has 4 nitrogen and oxygen atoms in total. The molecule has 1 aromatic rings. The summed E-state index contributed by atoms with van der Waals surface area (Å²) in [6.45, 7) is 0.547. The average molecular weight is 249 g/mol. The number of rotatable bonds is 6. The maximum absolute atomic E-state index is 11.8. The molecular weight excluding hydrogens is 230 g/mol. The van der Waals surface area contributed by atoms with Crippen LogP contribution >= 0.6 is 0 Å². The molecule has 2 rings (SSSR count). The number of nitrogens with one attached hydrogen (secondary N) is 1. The average Bonchev–Trinajstić information content (AvgIpc) is 3.20. The highest BCUT2D eigenvalue weighted by molar-refractivity contribution is 5.85. The number of carbonyl (C=O) groups is 1. The zero-order valence-corrected chi connectivity index (χ0v) is 10.6. The Kier molecular flexibility index (Phi) is 3.87. The fourth-order valence-corrected chi connectivity index (χ4v) is 1.94. The normalized spacial score (nSPS) is 16.1. The lowest BCUT2D eigenvalue weighted by Crippen LogP contribution is -2.35. The second-order valence-corrected chi connectivity index (χ2v) is 4.80. The molecule has 1 fully saturated rings. The number of aliphatic hydroxyl groups excluding tert-OH is 1. The summed E-state index contributed by atoms with van der Waals surface area (Å²) in [6.07, 6.45) is 2.37. The number of carbonyl (C=O) groups excluding carboxylic acids is 1. The minimum Gasteiger partial charge on any atom is -0.497 e. The summed E-state index contributed by atoms with van der Waals surface area (Å²) >= 11 is 0. The van der Waals surface area contributed by atoms with E-state index in [1.54, 1.807) is 7.11 Å². The molecule has 1 amide bonds. The van der Waals surface area contributed by atoms with Gasteiger partial charge in [0.05, 0.1) is 19.1 Å². The van der Waals surface area contributed by atoms with Crippen LogP contribution in [0.15, 0.2) is 24.3 Å². The first-order chi connectivity index (χ1) is 8.70. The van der Waals surface area contributed by atoms with Crippen molar-refractivity contribution < 1.29 is 14.6 Å². The molecule has 0 heterocycles. The SMILES string of the molecule is COc1cccc(CCNC(=O)C2(CO)CC2)c1. The maximum Gasteiger partial charge on any atom is 0.228 e. The van der Waals surface area contributed by atoms with E-state index < -0.39 is 5.41 Å². The Bertz CT molecular complexity index is 427. The standard InChI is InChI=1S/C14H19NO3/c1-18-12-4-2-3-11(9-12)5-8-15-13(17)14(10-16)6-7-14/h2-4,9,16H,5-8,10H2,1H3,(H,15,17). The third-order valence-electron chi connectivity index (χ3n) is 3.47. The van der Waals surface area contributed by atoms with Crippen molar-refractivity contribution in [2.24, 2.45) is 5.41 Å². The topological polar surface area (TPSA) is 58.6 Å². The number of methoxy groups -OCH3 is 1. The van der Waals surface area contributed by atoms with E-state index >= 15 is 0 Å². The van der Waals surface area contributed by atoms with Gasteiger partial charge in [0.2, 0.25) is 5.91 Å². The van der Waals surface area contributed by atoms with Crippen LogP contribution in [-0.4, -0.2) is 31.3 Å². The molecule has 0 bridgehead atoms. The lowest BCUT2D eigenvalue weighted by atomic mass is 10.1. The molecule has 1 saturated carbocycles. The van der Waals surface area contributed by atoms with Gasteiger partial charge in [-0.3, -0.25) is 4.79 Å². The van der Waals surface area contributed by atoms with Crippen LogP contribution in [0.3, 0.4) is 0 Å². The molecule has 0 aromatic heterocycles. The van der Waals surface area contributed by atoms with E-state index in [1.807, 2.05) is 24.3 Å². The van der Waals surface area contributed by atoms with E-state index in [4.69, 9.17) is 9.84 Å². The van der Waals surface area contributed by atoms with Gasteiger partial charge in [0.15, 0.2) is 0 Å². The van der Waals surface area contributed by atoms with Crippen LogP contribution in [0.1, 0.15) is 18.4 Å². The van der Waals surface area contributed by atoms with E-state index in [2.05, 4.69) is 5.32 Å². The first kappa shape index (κ1) is 12.9. The van der Waals surface area contributed by atoms with Crippen molar-refractivity contribution in [2.45, 2.75) is 19.3 Å². The molecule has 0 saturated heterocycles. The van der Waals surface area contributed by atoms with Crippen LogP contribution in [0.4, 0.5) is 0 Å². The smallest absolute Gasteiger partial charge is 0.228 e. The minimum atomic E-state index is -0.478. The molecule has 0 aliphatic heterocycles. The quantitative estimate of drug-likeness (QED) is 0.794. The summed E-state index contributed by atoms with van der Waals surface area (Å²) in [6, 6.07) is 7.80. The third-order valence-corrected chi connectivity index (χ3v) is 3.47. The van der Waals surface area contributed by atoms with Gasteiger partial charge in [-0.15, -0.1) is 0 Å². The lowest BCUT2D eigenvalue weighted by molar-refractivity contribution is -0.127. The predicted octanol–water partition coefficient (Wildman–Crippen LogP) is 1.13. The minimum absolute atomic E-state index is 0.0205. The van der Waals surface area contributed by atoms with Crippen LogP contribution in [0.2, 0.25) is 0 Å². The van der Waals surface area contributed by atoms with Crippen molar-refractivity contribution in [3.8, 4) is 5.75 Å². The van der Waals surface area contributed by atoms with E-state index in [0.717, 1.165) is 30.6 Å². The van der Waals surface area contributed by atoms with Gasteiger partial charge >= 0.3 is 0 Å². The van der Waals surface area contributed by atoms with Crippen LogP contribution < -0.4 is 10.1 Å². The van der Waals surface area contributed by atoms with Gasteiger partial charge in [-0.25, -0.2) is 0 Å². The predicted molar refractivity (Wildman–Crippen MR) is 68.5 cm³/mol. The van der Waals surface area contributed by atoms with Gasteiger partial charge in [-0.05, 0) is 37.0 Å². The zero-order valence-electron chi connectivity index (χ0n) is 10.6. The van der Waals surface area contributed by atoms with Gasteiger partial charge in [0.1, 0.15) is 5.75 Å².